The lowest BCUT2D eigenvalue weighted by Gasteiger charge is -2.13. The van der Waals surface area contributed by atoms with Crippen molar-refractivity contribution in [2.24, 2.45) is 0 Å². The van der Waals surface area contributed by atoms with E-state index in [1.165, 1.54) is 5.56 Å². The number of aryl methyl sites for hydroxylation is 1. The van der Waals surface area contributed by atoms with Gasteiger partial charge in [0.05, 0.1) is 6.10 Å². The highest BCUT2D eigenvalue weighted by Gasteiger charge is 2.08. The summed E-state index contributed by atoms with van der Waals surface area (Å²) in [4.78, 5) is 0. The van der Waals surface area contributed by atoms with Gasteiger partial charge in [0.15, 0.2) is 0 Å². The molecule has 2 nitrogen and oxygen atoms in total. The Labute approximate surface area is 108 Å². The zero-order chi connectivity index (χ0) is 13.0. The maximum Gasteiger partial charge on any atom is 0.125 e. The average Bonchev–Trinajstić information content (AvgIpc) is 2.37. The third-order valence-electron chi connectivity index (χ3n) is 2.85. The molecule has 0 heterocycles. The van der Waals surface area contributed by atoms with Gasteiger partial charge in [0, 0.05) is 5.56 Å². The Bertz CT molecular complexity index is 518. The highest BCUT2D eigenvalue weighted by atomic mass is 16.5. The van der Waals surface area contributed by atoms with Crippen LogP contribution in [0.3, 0.4) is 0 Å². The van der Waals surface area contributed by atoms with Crippen LogP contribution in [0, 0.1) is 6.92 Å². The number of hydrogen-bond donors (Lipinski definition) is 1. The molecule has 0 aliphatic heterocycles. The number of rotatable bonds is 4. The number of ether oxygens (including phenoxy) is 1. The number of aliphatic hydroxyl groups excluding tert-OH is 1. The first-order valence-corrected chi connectivity index (χ1v) is 6.12. The van der Waals surface area contributed by atoms with Crippen LogP contribution in [-0.2, 0) is 6.61 Å². The zero-order valence-electron chi connectivity index (χ0n) is 10.8. The summed E-state index contributed by atoms with van der Waals surface area (Å²) in [6.45, 7) is 4.33. The summed E-state index contributed by atoms with van der Waals surface area (Å²) in [5, 5.41) is 9.67. The van der Waals surface area contributed by atoms with Crippen LogP contribution in [-0.4, -0.2) is 5.11 Å². The number of benzene rings is 2. The smallest absolute Gasteiger partial charge is 0.125 e. The van der Waals surface area contributed by atoms with Crippen LogP contribution >= 0.6 is 0 Å². The first-order chi connectivity index (χ1) is 8.66. The van der Waals surface area contributed by atoms with Gasteiger partial charge in [-0.1, -0.05) is 48.0 Å². The molecule has 0 aliphatic rings. The van der Waals surface area contributed by atoms with E-state index in [0.29, 0.717) is 6.61 Å². The molecule has 0 saturated carbocycles. The Hall–Kier alpha value is -1.80. The van der Waals surface area contributed by atoms with Crippen molar-refractivity contribution in [1.29, 1.82) is 0 Å². The molecule has 1 N–H and O–H groups in total. The Morgan fingerprint density at radius 2 is 1.89 bits per heavy atom. The maximum absolute atomic E-state index is 9.67. The SMILES string of the molecule is Cc1cccc(COc2ccccc2C(C)O)c1. The van der Waals surface area contributed by atoms with Gasteiger partial charge in [-0.3, -0.25) is 0 Å². The predicted octanol–water partition coefficient (Wildman–Crippen LogP) is 3.63. The van der Waals surface area contributed by atoms with Crippen LogP contribution in [0.5, 0.6) is 5.75 Å². The second-order valence-corrected chi connectivity index (χ2v) is 4.49. The van der Waals surface area contributed by atoms with E-state index in [0.717, 1.165) is 16.9 Å². The second-order valence-electron chi connectivity index (χ2n) is 4.49. The predicted molar refractivity (Wildman–Crippen MR) is 72.6 cm³/mol. The monoisotopic (exact) mass is 242 g/mol. The first kappa shape index (κ1) is 12.7. The van der Waals surface area contributed by atoms with Crippen molar-refractivity contribution in [3.8, 4) is 5.75 Å². The van der Waals surface area contributed by atoms with Gasteiger partial charge >= 0.3 is 0 Å². The molecule has 0 amide bonds. The molecule has 0 bridgehead atoms. The molecule has 0 spiro atoms. The van der Waals surface area contributed by atoms with Crippen LogP contribution in [0.2, 0.25) is 0 Å². The quantitative estimate of drug-likeness (QED) is 0.887. The fourth-order valence-electron chi connectivity index (χ4n) is 1.92. The summed E-state index contributed by atoms with van der Waals surface area (Å²) in [6.07, 6.45) is -0.515. The van der Waals surface area contributed by atoms with E-state index in [1.54, 1.807) is 6.92 Å². The van der Waals surface area contributed by atoms with E-state index >= 15 is 0 Å². The molecule has 0 radical (unpaired) electrons. The second kappa shape index (κ2) is 5.69. The Balaban J connectivity index is 2.11. The molecular formula is C16H18O2. The number of para-hydroxylation sites is 1. The van der Waals surface area contributed by atoms with Crippen molar-refractivity contribution in [2.75, 3.05) is 0 Å². The summed E-state index contributed by atoms with van der Waals surface area (Å²) in [5.74, 6) is 0.744. The zero-order valence-corrected chi connectivity index (χ0v) is 10.8. The number of hydrogen-bond acceptors (Lipinski definition) is 2. The average molecular weight is 242 g/mol. The highest BCUT2D eigenvalue weighted by molar-refractivity contribution is 5.35. The molecule has 0 aliphatic carbocycles. The van der Waals surface area contributed by atoms with E-state index in [1.807, 2.05) is 36.4 Å². The molecule has 0 aromatic heterocycles. The van der Waals surface area contributed by atoms with E-state index < -0.39 is 6.10 Å². The molecule has 2 aromatic rings. The topological polar surface area (TPSA) is 29.5 Å². The van der Waals surface area contributed by atoms with Crippen LogP contribution in [0.15, 0.2) is 48.5 Å². The molecule has 1 unspecified atom stereocenters. The van der Waals surface area contributed by atoms with Gasteiger partial charge < -0.3 is 9.84 Å². The van der Waals surface area contributed by atoms with Gasteiger partial charge in [-0.25, -0.2) is 0 Å². The maximum atomic E-state index is 9.67. The van der Waals surface area contributed by atoms with Gasteiger partial charge in [0.2, 0.25) is 0 Å². The van der Waals surface area contributed by atoms with Crippen molar-refractivity contribution < 1.29 is 9.84 Å². The lowest BCUT2D eigenvalue weighted by molar-refractivity contribution is 0.190. The van der Waals surface area contributed by atoms with Crippen molar-refractivity contribution in [3.63, 3.8) is 0 Å². The normalized spacial score (nSPS) is 12.2. The molecule has 2 aromatic carbocycles. The van der Waals surface area contributed by atoms with Crippen molar-refractivity contribution in [2.45, 2.75) is 26.6 Å². The third-order valence-corrected chi connectivity index (χ3v) is 2.85. The van der Waals surface area contributed by atoms with Gasteiger partial charge in [-0.2, -0.15) is 0 Å². The van der Waals surface area contributed by atoms with E-state index in [2.05, 4.69) is 19.1 Å². The summed E-state index contributed by atoms with van der Waals surface area (Å²) in [5.41, 5.74) is 3.18. The fourth-order valence-corrected chi connectivity index (χ4v) is 1.92. The Morgan fingerprint density at radius 1 is 1.11 bits per heavy atom. The van der Waals surface area contributed by atoms with E-state index in [-0.39, 0.29) is 0 Å². The first-order valence-electron chi connectivity index (χ1n) is 6.12. The van der Waals surface area contributed by atoms with Gasteiger partial charge in [-0.15, -0.1) is 0 Å². The van der Waals surface area contributed by atoms with E-state index in [9.17, 15) is 5.11 Å². The van der Waals surface area contributed by atoms with Crippen LogP contribution in [0.1, 0.15) is 29.7 Å². The third kappa shape index (κ3) is 3.11. The lowest BCUT2D eigenvalue weighted by atomic mass is 10.1. The summed E-state index contributed by atoms with van der Waals surface area (Å²) in [6, 6.07) is 15.8. The molecule has 2 rings (SSSR count). The van der Waals surface area contributed by atoms with Crippen LogP contribution in [0.4, 0.5) is 0 Å². The summed E-state index contributed by atoms with van der Waals surface area (Å²) in [7, 11) is 0. The summed E-state index contributed by atoms with van der Waals surface area (Å²) < 4.78 is 5.78. The molecule has 0 fully saturated rings. The molecule has 18 heavy (non-hydrogen) atoms. The fraction of sp³-hybridized carbons (Fsp3) is 0.250. The van der Waals surface area contributed by atoms with Crippen molar-refractivity contribution >= 4 is 0 Å². The largest absolute Gasteiger partial charge is 0.489 e. The molecule has 0 saturated heterocycles. The van der Waals surface area contributed by atoms with Crippen LogP contribution < -0.4 is 4.74 Å². The number of aliphatic hydroxyl groups is 1. The lowest BCUT2D eigenvalue weighted by Crippen LogP contribution is -2.00. The van der Waals surface area contributed by atoms with Crippen molar-refractivity contribution in [3.05, 3.63) is 65.2 Å². The van der Waals surface area contributed by atoms with Crippen molar-refractivity contribution in [1.82, 2.24) is 0 Å². The molecule has 94 valence electrons. The van der Waals surface area contributed by atoms with Crippen LogP contribution in [0.25, 0.3) is 0 Å². The van der Waals surface area contributed by atoms with Gasteiger partial charge in [0.1, 0.15) is 12.4 Å². The standard InChI is InChI=1S/C16H18O2/c1-12-6-5-7-14(10-12)11-18-16-9-4-3-8-15(16)13(2)17/h3-10,13,17H,11H2,1-2H3. The Kier molecular flexibility index (Phi) is 4.00. The molecule has 2 heteroatoms. The minimum absolute atomic E-state index is 0.515. The Morgan fingerprint density at radius 3 is 2.61 bits per heavy atom. The summed E-state index contributed by atoms with van der Waals surface area (Å²) >= 11 is 0. The molecule has 1 atom stereocenters. The van der Waals surface area contributed by atoms with Gasteiger partial charge in [0.25, 0.3) is 0 Å². The molecular weight excluding hydrogens is 224 g/mol. The highest BCUT2D eigenvalue weighted by Crippen LogP contribution is 2.25. The minimum atomic E-state index is -0.515. The van der Waals surface area contributed by atoms with E-state index in [4.69, 9.17) is 4.74 Å². The minimum Gasteiger partial charge on any atom is -0.489 e. The van der Waals surface area contributed by atoms with Gasteiger partial charge in [-0.05, 0) is 25.5 Å².